The molecule has 0 fully saturated rings. The second-order valence-electron chi connectivity index (χ2n) is 7.57. The van der Waals surface area contributed by atoms with Gasteiger partial charge in [-0.05, 0) is 56.0 Å². The van der Waals surface area contributed by atoms with Gasteiger partial charge in [0, 0.05) is 5.56 Å². The summed E-state index contributed by atoms with van der Waals surface area (Å²) in [6.45, 7) is 8.69. The summed E-state index contributed by atoms with van der Waals surface area (Å²) in [6, 6.07) is 20.3. The maximum Gasteiger partial charge on any atom is 0.260 e. The average molecular weight is 401 g/mol. The molecule has 3 aromatic carbocycles. The number of carbonyl (C=O) groups is 1. The van der Waals surface area contributed by atoms with Crippen molar-refractivity contribution in [1.29, 1.82) is 0 Å². The number of thiazole rings is 1. The number of hydrogen-bond donors (Lipinski definition) is 0. The standard InChI is InChI=1S/C25H24N2OS/c1-16-10-13-21(19(4)14-16)24(28)27(15-20-8-6-5-7-9-20)25-26-22-17(2)11-12-18(3)23(22)29-25/h5-14H,15H2,1-4H3. The molecule has 1 heterocycles. The van der Waals surface area contributed by atoms with Crippen molar-refractivity contribution in [2.45, 2.75) is 34.2 Å². The summed E-state index contributed by atoms with van der Waals surface area (Å²) in [7, 11) is 0. The molecule has 0 N–H and O–H groups in total. The van der Waals surface area contributed by atoms with Gasteiger partial charge >= 0.3 is 0 Å². The summed E-state index contributed by atoms with van der Waals surface area (Å²) >= 11 is 1.59. The quantitative estimate of drug-likeness (QED) is 0.398. The molecule has 0 aliphatic heterocycles. The highest BCUT2D eigenvalue weighted by molar-refractivity contribution is 7.22. The molecule has 146 valence electrons. The normalized spacial score (nSPS) is 11.0. The Bertz CT molecular complexity index is 1160. The van der Waals surface area contributed by atoms with Crippen molar-refractivity contribution in [3.05, 3.63) is 94.0 Å². The lowest BCUT2D eigenvalue weighted by Gasteiger charge is -2.21. The third-order valence-corrected chi connectivity index (χ3v) is 6.42. The van der Waals surface area contributed by atoms with Crippen molar-refractivity contribution < 1.29 is 4.79 Å². The van der Waals surface area contributed by atoms with E-state index in [2.05, 4.69) is 32.0 Å². The van der Waals surface area contributed by atoms with Gasteiger partial charge in [-0.25, -0.2) is 4.98 Å². The predicted molar refractivity (Wildman–Crippen MR) is 122 cm³/mol. The number of rotatable bonds is 4. The Morgan fingerprint density at radius 2 is 1.62 bits per heavy atom. The lowest BCUT2D eigenvalue weighted by Crippen LogP contribution is -2.31. The number of carbonyl (C=O) groups excluding carboxylic acids is 1. The van der Waals surface area contributed by atoms with Gasteiger partial charge in [0.15, 0.2) is 5.13 Å². The number of anilines is 1. The van der Waals surface area contributed by atoms with Crippen LogP contribution in [0.25, 0.3) is 10.2 Å². The molecule has 1 aromatic heterocycles. The Kier molecular flexibility index (Phi) is 5.20. The number of benzene rings is 3. The molecule has 0 saturated carbocycles. The first kappa shape index (κ1) is 19.3. The van der Waals surface area contributed by atoms with E-state index in [0.717, 1.165) is 43.2 Å². The minimum atomic E-state index is -0.0132. The third kappa shape index (κ3) is 3.81. The first-order chi connectivity index (χ1) is 13.9. The molecule has 0 bridgehead atoms. The van der Waals surface area contributed by atoms with Gasteiger partial charge in [0.1, 0.15) is 0 Å². The number of fused-ring (bicyclic) bond motifs is 1. The Labute approximate surface area is 175 Å². The fraction of sp³-hybridized carbons (Fsp3) is 0.200. The summed E-state index contributed by atoms with van der Waals surface area (Å²) < 4.78 is 1.14. The van der Waals surface area contributed by atoms with Crippen LogP contribution in [0.2, 0.25) is 0 Å². The number of hydrogen-bond acceptors (Lipinski definition) is 3. The maximum atomic E-state index is 13.6. The van der Waals surface area contributed by atoms with E-state index in [1.54, 1.807) is 11.3 Å². The molecule has 0 atom stereocenters. The zero-order chi connectivity index (χ0) is 20.5. The Morgan fingerprint density at radius 1 is 0.897 bits per heavy atom. The largest absolute Gasteiger partial charge is 0.279 e. The van der Waals surface area contributed by atoms with E-state index in [-0.39, 0.29) is 5.91 Å². The van der Waals surface area contributed by atoms with E-state index in [4.69, 9.17) is 4.98 Å². The minimum Gasteiger partial charge on any atom is -0.279 e. The Balaban J connectivity index is 1.83. The molecule has 0 saturated heterocycles. The van der Waals surface area contributed by atoms with E-state index in [1.165, 1.54) is 5.56 Å². The molecule has 0 unspecified atom stereocenters. The molecule has 0 radical (unpaired) electrons. The van der Waals surface area contributed by atoms with Gasteiger partial charge in [0.2, 0.25) is 0 Å². The van der Waals surface area contributed by atoms with Crippen molar-refractivity contribution >= 4 is 32.6 Å². The van der Waals surface area contributed by atoms with Gasteiger partial charge in [0.25, 0.3) is 5.91 Å². The van der Waals surface area contributed by atoms with E-state index in [9.17, 15) is 4.79 Å². The summed E-state index contributed by atoms with van der Waals surface area (Å²) in [5.41, 5.74) is 7.25. The number of nitrogens with zero attached hydrogens (tertiary/aromatic N) is 2. The second-order valence-corrected chi connectivity index (χ2v) is 8.55. The third-order valence-electron chi connectivity index (χ3n) is 5.20. The average Bonchev–Trinajstić information content (AvgIpc) is 3.16. The number of aryl methyl sites for hydroxylation is 4. The second kappa shape index (κ2) is 7.80. The summed E-state index contributed by atoms with van der Waals surface area (Å²) in [5.74, 6) is -0.0132. The highest BCUT2D eigenvalue weighted by Crippen LogP contribution is 2.34. The van der Waals surface area contributed by atoms with E-state index < -0.39 is 0 Å². The van der Waals surface area contributed by atoms with Crippen LogP contribution in [0.15, 0.2) is 60.7 Å². The highest BCUT2D eigenvalue weighted by atomic mass is 32.1. The van der Waals surface area contributed by atoms with Crippen molar-refractivity contribution in [2.75, 3.05) is 4.90 Å². The maximum absolute atomic E-state index is 13.6. The fourth-order valence-electron chi connectivity index (χ4n) is 3.55. The molecular formula is C25H24N2OS. The van der Waals surface area contributed by atoms with Crippen molar-refractivity contribution in [3.8, 4) is 0 Å². The van der Waals surface area contributed by atoms with Gasteiger partial charge in [-0.3, -0.25) is 9.69 Å². The van der Waals surface area contributed by atoms with E-state index >= 15 is 0 Å². The Hall–Kier alpha value is -2.98. The molecule has 0 spiro atoms. The van der Waals surface area contributed by atoms with Crippen LogP contribution in [0.5, 0.6) is 0 Å². The lowest BCUT2D eigenvalue weighted by molar-refractivity contribution is 0.0984. The smallest absolute Gasteiger partial charge is 0.260 e. The lowest BCUT2D eigenvalue weighted by atomic mass is 10.0. The summed E-state index contributed by atoms with van der Waals surface area (Å²) in [5, 5.41) is 0.742. The first-order valence-corrected chi connectivity index (χ1v) is 10.6. The van der Waals surface area contributed by atoms with Crippen LogP contribution >= 0.6 is 11.3 Å². The molecule has 4 aromatic rings. The van der Waals surface area contributed by atoms with Gasteiger partial charge in [0.05, 0.1) is 16.8 Å². The molecule has 1 amide bonds. The van der Waals surface area contributed by atoms with Crippen LogP contribution in [0.4, 0.5) is 5.13 Å². The van der Waals surface area contributed by atoms with Gasteiger partial charge in [-0.2, -0.15) is 0 Å². The molecule has 3 nitrogen and oxygen atoms in total. The molecule has 0 aliphatic carbocycles. The monoisotopic (exact) mass is 400 g/mol. The van der Waals surface area contributed by atoms with Crippen molar-refractivity contribution in [3.63, 3.8) is 0 Å². The number of aromatic nitrogens is 1. The van der Waals surface area contributed by atoms with Crippen LogP contribution in [0.1, 0.15) is 38.2 Å². The minimum absolute atomic E-state index is 0.0132. The molecule has 4 rings (SSSR count). The summed E-state index contributed by atoms with van der Waals surface area (Å²) in [6.07, 6.45) is 0. The Morgan fingerprint density at radius 3 is 2.31 bits per heavy atom. The van der Waals surface area contributed by atoms with Crippen molar-refractivity contribution in [1.82, 2.24) is 4.98 Å². The highest BCUT2D eigenvalue weighted by Gasteiger charge is 2.23. The molecule has 0 aliphatic rings. The van der Waals surface area contributed by atoms with E-state index in [1.807, 2.05) is 61.2 Å². The topological polar surface area (TPSA) is 33.2 Å². The predicted octanol–water partition coefficient (Wildman–Crippen LogP) is 6.38. The van der Waals surface area contributed by atoms with Gasteiger partial charge < -0.3 is 0 Å². The van der Waals surface area contributed by atoms with Crippen LogP contribution in [-0.2, 0) is 6.54 Å². The molecule has 4 heteroatoms. The van der Waals surface area contributed by atoms with Gasteiger partial charge in [-0.1, -0.05) is 71.5 Å². The van der Waals surface area contributed by atoms with Crippen molar-refractivity contribution in [2.24, 2.45) is 0 Å². The first-order valence-electron chi connectivity index (χ1n) is 9.74. The molecular weight excluding hydrogens is 376 g/mol. The van der Waals surface area contributed by atoms with E-state index in [0.29, 0.717) is 6.54 Å². The number of amides is 1. The van der Waals surface area contributed by atoms with Crippen LogP contribution in [-0.4, -0.2) is 10.9 Å². The van der Waals surface area contributed by atoms with Gasteiger partial charge in [-0.15, -0.1) is 0 Å². The molecule has 29 heavy (non-hydrogen) atoms. The zero-order valence-corrected chi connectivity index (χ0v) is 18.0. The zero-order valence-electron chi connectivity index (χ0n) is 17.2. The fourth-order valence-corrected chi connectivity index (χ4v) is 4.66. The van der Waals surface area contributed by atoms with Crippen LogP contribution in [0, 0.1) is 27.7 Å². The van der Waals surface area contributed by atoms with Crippen LogP contribution in [0.3, 0.4) is 0 Å². The summed E-state index contributed by atoms with van der Waals surface area (Å²) in [4.78, 5) is 20.3. The van der Waals surface area contributed by atoms with Crippen LogP contribution < -0.4 is 4.90 Å². The SMILES string of the molecule is Cc1ccc(C(=O)N(Cc2ccccc2)c2nc3c(C)ccc(C)c3s2)c(C)c1.